The SMILES string of the molecule is COC(=O)C1=C(C(=O)OC)c2ccn(C)c2C(c2cccn2C)S1. The van der Waals surface area contributed by atoms with Gasteiger partial charge in [-0.05, 0) is 18.2 Å². The van der Waals surface area contributed by atoms with Crippen LogP contribution in [0.4, 0.5) is 0 Å². The fraction of sp³-hybridized carbons (Fsp3) is 0.294. The largest absolute Gasteiger partial charge is 0.465 e. The van der Waals surface area contributed by atoms with Gasteiger partial charge in [-0.1, -0.05) is 0 Å². The van der Waals surface area contributed by atoms with Crippen molar-refractivity contribution in [3.8, 4) is 0 Å². The third-order valence-corrected chi connectivity index (χ3v) is 5.42. The second-order valence-corrected chi connectivity index (χ2v) is 6.57. The summed E-state index contributed by atoms with van der Waals surface area (Å²) in [4.78, 5) is 24.9. The molecule has 0 saturated carbocycles. The molecule has 1 atom stereocenters. The van der Waals surface area contributed by atoms with E-state index in [1.807, 2.05) is 53.8 Å². The van der Waals surface area contributed by atoms with Crippen LogP contribution in [0.1, 0.15) is 22.2 Å². The average molecular weight is 346 g/mol. The number of nitrogens with zero attached hydrogens (tertiary/aromatic N) is 2. The lowest BCUT2D eigenvalue weighted by atomic mass is 10.0. The molecule has 3 rings (SSSR count). The molecule has 0 aliphatic carbocycles. The molecule has 24 heavy (non-hydrogen) atoms. The van der Waals surface area contributed by atoms with E-state index in [1.54, 1.807) is 0 Å². The Balaban J connectivity index is 2.25. The van der Waals surface area contributed by atoms with Gasteiger partial charge in [-0.15, -0.1) is 11.8 Å². The molecule has 0 saturated heterocycles. The Labute approximate surface area is 144 Å². The maximum Gasteiger partial charge on any atom is 0.345 e. The van der Waals surface area contributed by atoms with E-state index >= 15 is 0 Å². The number of ether oxygens (including phenoxy) is 2. The molecular formula is C17H18N2O4S. The number of fused-ring (bicyclic) bond motifs is 1. The van der Waals surface area contributed by atoms with Crippen LogP contribution < -0.4 is 0 Å². The normalized spacial score (nSPS) is 16.8. The lowest BCUT2D eigenvalue weighted by molar-refractivity contribution is -0.137. The van der Waals surface area contributed by atoms with Gasteiger partial charge in [0.05, 0.1) is 25.0 Å². The predicted molar refractivity (Wildman–Crippen MR) is 91.2 cm³/mol. The Hall–Kier alpha value is -2.41. The summed E-state index contributed by atoms with van der Waals surface area (Å²) in [5.74, 6) is -1.07. The summed E-state index contributed by atoms with van der Waals surface area (Å²) < 4.78 is 13.8. The Morgan fingerprint density at radius 1 is 1.04 bits per heavy atom. The van der Waals surface area contributed by atoms with E-state index in [2.05, 4.69) is 0 Å². The summed E-state index contributed by atoms with van der Waals surface area (Å²) in [5, 5.41) is -0.123. The molecule has 3 heterocycles. The minimum atomic E-state index is -0.541. The lowest BCUT2D eigenvalue weighted by Gasteiger charge is -2.27. The molecule has 0 fully saturated rings. The smallest absolute Gasteiger partial charge is 0.345 e. The number of rotatable bonds is 3. The number of carbonyl (C=O) groups excluding carboxylic acids is 2. The highest BCUT2D eigenvalue weighted by molar-refractivity contribution is 8.04. The van der Waals surface area contributed by atoms with Crippen molar-refractivity contribution >= 4 is 29.3 Å². The molecule has 2 aromatic rings. The molecule has 1 unspecified atom stereocenters. The van der Waals surface area contributed by atoms with E-state index in [-0.39, 0.29) is 15.7 Å². The fourth-order valence-corrected chi connectivity index (χ4v) is 4.43. The van der Waals surface area contributed by atoms with E-state index in [4.69, 9.17) is 9.47 Å². The Bertz CT molecular complexity index is 847. The van der Waals surface area contributed by atoms with Crippen LogP contribution in [0.15, 0.2) is 35.5 Å². The van der Waals surface area contributed by atoms with Crippen LogP contribution in [-0.4, -0.2) is 35.3 Å². The number of aryl methyl sites for hydroxylation is 2. The lowest BCUT2D eigenvalue weighted by Crippen LogP contribution is -2.20. The number of esters is 2. The quantitative estimate of drug-likeness (QED) is 0.798. The maximum absolute atomic E-state index is 12.3. The van der Waals surface area contributed by atoms with Gasteiger partial charge in [0.1, 0.15) is 4.91 Å². The number of carbonyl (C=O) groups is 2. The molecule has 0 radical (unpaired) electrons. The molecule has 7 heteroatoms. The molecular weight excluding hydrogens is 328 g/mol. The minimum absolute atomic E-state index is 0.123. The highest BCUT2D eigenvalue weighted by atomic mass is 32.2. The van der Waals surface area contributed by atoms with Crippen LogP contribution >= 0.6 is 11.8 Å². The topological polar surface area (TPSA) is 62.5 Å². The zero-order valence-electron chi connectivity index (χ0n) is 13.9. The molecule has 2 aromatic heterocycles. The molecule has 0 aromatic carbocycles. The van der Waals surface area contributed by atoms with Crippen molar-refractivity contribution in [2.75, 3.05) is 14.2 Å². The van der Waals surface area contributed by atoms with Crippen LogP contribution in [-0.2, 0) is 33.2 Å². The van der Waals surface area contributed by atoms with E-state index in [9.17, 15) is 9.59 Å². The van der Waals surface area contributed by atoms with Crippen molar-refractivity contribution in [3.05, 3.63) is 52.4 Å². The van der Waals surface area contributed by atoms with Gasteiger partial charge < -0.3 is 18.6 Å². The fourth-order valence-electron chi connectivity index (χ4n) is 2.93. The summed E-state index contributed by atoms with van der Waals surface area (Å²) in [6.07, 6.45) is 3.83. The monoisotopic (exact) mass is 346 g/mol. The molecule has 0 N–H and O–H groups in total. The second-order valence-electron chi connectivity index (χ2n) is 5.45. The third kappa shape index (κ3) is 2.45. The predicted octanol–water partition coefficient (Wildman–Crippen LogP) is 2.26. The van der Waals surface area contributed by atoms with Gasteiger partial charge in [-0.3, -0.25) is 0 Å². The second kappa shape index (κ2) is 6.24. The van der Waals surface area contributed by atoms with Gasteiger partial charge in [-0.2, -0.15) is 0 Å². The summed E-state index contributed by atoms with van der Waals surface area (Å²) in [6.45, 7) is 0. The first-order chi connectivity index (χ1) is 11.5. The standard InChI is InChI=1S/C17H18N2O4S/c1-18-8-5-6-11(18)14-13-10(7-9-19(13)2)12(16(20)22-3)15(24-14)17(21)23-4/h5-9,14H,1-4H3. The van der Waals surface area contributed by atoms with Gasteiger partial charge in [0.15, 0.2) is 0 Å². The first-order valence-electron chi connectivity index (χ1n) is 7.34. The zero-order valence-corrected chi connectivity index (χ0v) is 14.7. The maximum atomic E-state index is 12.3. The Morgan fingerprint density at radius 3 is 2.33 bits per heavy atom. The van der Waals surface area contributed by atoms with Crippen LogP contribution in [0, 0.1) is 0 Å². The van der Waals surface area contributed by atoms with Crippen molar-refractivity contribution in [2.24, 2.45) is 14.1 Å². The van der Waals surface area contributed by atoms with E-state index in [1.165, 1.54) is 26.0 Å². The van der Waals surface area contributed by atoms with E-state index in [0.717, 1.165) is 11.4 Å². The highest BCUT2D eigenvalue weighted by Crippen LogP contribution is 2.50. The van der Waals surface area contributed by atoms with Crippen LogP contribution in [0.2, 0.25) is 0 Å². The third-order valence-electron chi connectivity index (χ3n) is 4.11. The first kappa shape index (κ1) is 16.4. The molecule has 0 spiro atoms. The number of hydrogen-bond donors (Lipinski definition) is 0. The van der Waals surface area contributed by atoms with Crippen molar-refractivity contribution in [1.82, 2.24) is 9.13 Å². The van der Waals surface area contributed by atoms with Crippen LogP contribution in [0.25, 0.3) is 5.57 Å². The van der Waals surface area contributed by atoms with Crippen molar-refractivity contribution in [1.29, 1.82) is 0 Å². The molecule has 6 nitrogen and oxygen atoms in total. The van der Waals surface area contributed by atoms with Crippen LogP contribution in [0.3, 0.4) is 0 Å². The average Bonchev–Trinajstić information content (AvgIpc) is 3.18. The molecule has 1 aliphatic heterocycles. The summed E-state index contributed by atoms with van der Waals surface area (Å²) in [5.41, 5.74) is 2.95. The number of hydrogen-bond acceptors (Lipinski definition) is 5. The Kier molecular flexibility index (Phi) is 4.28. The van der Waals surface area contributed by atoms with Gasteiger partial charge in [-0.25, -0.2) is 9.59 Å². The number of aromatic nitrogens is 2. The summed E-state index contributed by atoms with van der Waals surface area (Å²) >= 11 is 1.31. The molecule has 126 valence electrons. The van der Waals surface area contributed by atoms with Crippen LogP contribution in [0.5, 0.6) is 0 Å². The zero-order chi connectivity index (χ0) is 17.4. The minimum Gasteiger partial charge on any atom is -0.465 e. The van der Waals surface area contributed by atoms with E-state index < -0.39 is 11.9 Å². The summed E-state index contributed by atoms with van der Waals surface area (Å²) in [7, 11) is 6.49. The molecule has 0 amide bonds. The summed E-state index contributed by atoms with van der Waals surface area (Å²) in [6, 6.07) is 5.79. The number of thioether (sulfide) groups is 1. The van der Waals surface area contributed by atoms with Crippen molar-refractivity contribution in [3.63, 3.8) is 0 Å². The molecule has 1 aliphatic rings. The van der Waals surface area contributed by atoms with Gasteiger partial charge >= 0.3 is 11.9 Å². The highest BCUT2D eigenvalue weighted by Gasteiger charge is 2.38. The van der Waals surface area contributed by atoms with Crippen molar-refractivity contribution < 1.29 is 19.1 Å². The number of methoxy groups -OCH3 is 2. The Morgan fingerprint density at radius 2 is 1.75 bits per heavy atom. The first-order valence-corrected chi connectivity index (χ1v) is 8.22. The van der Waals surface area contributed by atoms with Gasteiger partial charge in [0.25, 0.3) is 0 Å². The van der Waals surface area contributed by atoms with Gasteiger partial charge in [0, 0.05) is 43.4 Å². The molecule has 0 bridgehead atoms. The van der Waals surface area contributed by atoms with E-state index in [0.29, 0.717) is 5.56 Å². The van der Waals surface area contributed by atoms with Crippen molar-refractivity contribution in [2.45, 2.75) is 5.25 Å². The van der Waals surface area contributed by atoms with Gasteiger partial charge in [0.2, 0.25) is 0 Å².